The van der Waals surface area contributed by atoms with E-state index in [-0.39, 0.29) is 5.69 Å². The first-order chi connectivity index (χ1) is 10.1. The number of benzene rings is 1. The Bertz CT molecular complexity index is 784. The summed E-state index contributed by atoms with van der Waals surface area (Å²) in [6.45, 7) is 0. The second kappa shape index (κ2) is 6.01. The van der Waals surface area contributed by atoms with E-state index < -0.39 is 5.82 Å². The van der Waals surface area contributed by atoms with Crippen molar-refractivity contribution in [3.8, 4) is 11.1 Å². The fraction of sp³-hybridized carbons (Fsp3) is 0.143. The van der Waals surface area contributed by atoms with Crippen LogP contribution in [0.3, 0.4) is 0 Å². The summed E-state index contributed by atoms with van der Waals surface area (Å²) in [6, 6.07) is 4.88. The van der Waals surface area contributed by atoms with E-state index in [2.05, 4.69) is 22.6 Å². The highest BCUT2D eigenvalue weighted by Gasteiger charge is 2.16. The van der Waals surface area contributed by atoms with Gasteiger partial charge in [-0.3, -0.25) is 0 Å². The second-order valence-electron chi connectivity index (χ2n) is 4.32. The smallest absolute Gasteiger partial charge is 0.153 e. The van der Waals surface area contributed by atoms with E-state index in [1.807, 2.05) is 7.05 Å². The molecule has 0 spiro atoms. The molecule has 0 fully saturated rings. The zero-order chi connectivity index (χ0) is 15.6. The van der Waals surface area contributed by atoms with Gasteiger partial charge < -0.3 is 16.0 Å². The van der Waals surface area contributed by atoms with Crippen molar-refractivity contribution in [1.29, 1.82) is 0 Å². The first kappa shape index (κ1) is 15.1. The lowest BCUT2D eigenvalue weighted by Gasteiger charge is -2.04. The van der Waals surface area contributed by atoms with Gasteiger partial charge in [-0.1, -0.05) is 12.1 Å². The van der Waals surface area contributed by atoms with Crippen LogP contribution in [0.4, 0.5) is 15.9 Å². The molecule has 2 heterocycles. The molecule has 0 saturated carbocycles. The SMILES string of the molecule is CS.Cn1cc(-c2cccc(N)c2F)c2c(N)ncnc21. The van der Waals surface area contributed by atoms with E-state index in [9.17, 15) is 4.39 Å². The van der Waals surface area contributed by atoms with Crippen molar-refractivity contribution in [3.63, 3.8) is 0 Å². The van der Waals surface area contributed by atoms with Crippen LogP contribution in [0.25, 0.3) is 22.2 Å². The standard InChI is InChI=1S/C13H12FN5.CH4S/c1-19-5-8(7-3-2-4-9(15)11(7)14)10-12(16)17-6-18-13(10)19;1-2/h2-6H,15H2,1H3,(H2,16,17,18);2H,1H3. The van der Waals surface area contributed by atoms with Crippen molar-refractivity contribution >= 4 is 35.2 Å². The molecule has 0 unspecified atom stereocenters. The number of nitrogens with zero attached hydrogens (tertiary/aromatic N) is 3. The molecule has 0 bridgehead atoms. The first-order valence-corrected chi connectivity index (χ1v) is 7.03. The normalized spacial score (nSPS) is 10.3. The lowest BCUT2D eigenvalue weighted by Crippen LogP contribution is -1.95. The number of aryl methyl sites for hydroxylation is 1. The molecule has 110 valence electrons. The predicted octanol–water partition coefficient (Wildman–Crippen LogP) is 2.48. The maximum absolute atomic E-state index is 14.1. The van der Waals surface area contributed by atoms with Crippen molar-refractivity contribution in [3.05, 3.63) is 36.5 Å². The minimum Gasteiger partial charge on any atom is -0.396 e. The highest BCUT2D eigenvalue weighted by atomic mass is 32.1. The third-order valence-corrected chi connectivity index (χ3v) is 3.10. The van der Waals surface area contributed by atoms with Crippen LogP contribution < -0.4 is 11.5 Å². The van der Waals surface area contributed by atoms with Crippen molar-refractivity contribution < 1.29 is 4.39 Å². The van der Waals surface area contributed by atoms with E-state index in [0.29, 0.717) is 28.0 Å². The highest BCUT2D eigenvalue weighted by molar-refractivity contribution is 7.79. The van der Waals surface area contributed by atoms with Crippen molar-refractivity contribution in [1.82, 2.24) is 14.5 Å². The molecule has 0 aliphatic rings. The quantitative estimate of drug-likeness (QED) is 0.476. The summed E-state index contributed by atoms with van der Waals surface area (Å²) in [5, 5.41) is 0.634. The molecule has 1 aromatic carbocycles. The summed E-state index contributed by atoms with van der Waals surface area (Å²) in [5.74, 6) is -0.138. The average molecular weight is 305 g/mol. The summed E-state index contributed by atoms with van der Waals surface area (Å²) >= 11 is 3.53. The number of hydrogen-bond donors (Lipinski definition) is 3. The largest absolute Gasteiger partial charge is 0.396 e. The van der Waals surface area contributed by atoms with Crippen LogP contribution in [0.15, 0.2) is 30.7 Å². The molecule has 0 aliphatic carbocycles. The van der Waals surface area contributed by atoms with Gasteiger partial charge in [-0.2, -0.15) is 12.6 Å². The van der Waals surface area contributed by atoms with Crippen LogP contribution in [-0.4, -0.2) is 20.8 Å². The van der Waals surface area contributed by atoms with Crippen LogP contribution >= 0.6 is 12.6 Å². The van der Waals surface area contributed by atoms with Gasteiger partial charge in [0.1, 0.15) is 17.8 Å². The molecule has 4 N–H and O–H groups in total. The van der Waals surface area contributed by atoms with Crippen LogP contribution in [0.5, 0.6) is 0 Å². The number of nitrogens with two attached hydrogens (primary N) is 2. The highest BCUT2D eigenvalue weighted by Crippen LogP contribution is 2.34. The third-order valence-electron chi connectivity index (χ3n) is 3.10. The number of thiol groups is 1. The molecule has 3 aromatic rings. The van der Waals surface area contributed by atoms with E-state index in [1.165, 1.54) is 12.4 Å². The molecule has 0 aliphatic heterocycles. The number of hydrogen-bond acceptors (Lipinski definition) is 5. The Balaban J connectivity index is 0.000000774. The molecular weight excluding hydrogens is 289 g/mol. The van der Waals surface area contributed by atoms with Crippen molar-refractivity contribution in [2.75, 3.05) is 17.7 Å². The van der Waals surface area contributed by atoms with Gasteiger partial charge in [0.05, 0.1) is 11.1 Å². The first-order valence-electron chi connectivity index (χ1n) is 6.14. The Morgan fingerprint density at radius 3 is 2.57 bits per heavy atom. The molecule has 0 amide bonds. The Morgan fingerprint density at radius 1 is 1.14 bits per heavy atom. The van der Waals surface area contributed by atoms with Crippen LogP contribution in [0.2, 0.25) is 0 Å². The van der Waals surface area contributed by atoms with E-state index in [0.717, 1.165) is 0 Å². The molecule has 3 rings (SSSR count). The van der Waals surface area contributed by atoms with Gasteiger partial charge >= 0.3 is 0 Å². The Kier molecular flexibility index (Phi) is 4.32. The number of aromatic nitrogens is 3. The lowest BCUT2D eigenvalue weighted by molar-refractivity contribution is 0.636. The molecule has 0 atom stereocenters. The monoisotopic (exact) mass is 305 g/mol. The molecule has 0 radical (unpaired) electrons. The van der Waals surface area contributed by atoms with Crippen molar-refractivity contribution in [2.45, 2.75) is 0 Å². The fourth-order valence-electron chi connectivity index (χ4n) is 2.20. The van der Waals surface area contributed by atoms with Crippen LogP contribution in [0, 0.1) is 5.82 Å². The molecule has 2 aromatic heterocycles. The van der Waals surface area contributed by atoms with E-state index >= 15 is 0 Å². The lowest BCUT2D eigenvalue weighted by atomic mass is 10.0. The Morgan fingerprint density at radius 2 is 1.86 bits per heavy atom. The number of nitrogen functional groups attached to an aromatic ring is 2. The fourth-order valence-corrected chi connectivity index (χ4v) is 2.20. The molecule has 0 saturated heterocycles. The minimum absolute atomic E-state index is 0.102. The number of halogens is 1. The van der Waals surface area contributed by atoms with Gasteiger partial charge in [0, 0.05) is 24.4 Å². The summed E-state index contributed by atoms with van der Waals surface area (Å²) < 4.78 is 15.9. The van der Waals surface area contributed by atoms with Gasteiger partial charge in [0.15, 0.2) is 5.82 Å². The maximum Gasteiger partial charge on any atom is 0.153 e. The van der Waals surface area contributed by atoms with Gasteiger partial charge in [0.25, 0.3) is 0 Å². The zero-order valence-corrected chi connectivity index (χ0v) is 12.6. The zero-order valence-electron chi connectivity index (χ0n) is 11.7. The van der Waals surface area contributed by atoms with Gasteiger partial charge in [-0.05, 0) is 12.3 Å². The van der Waals surface area contributed by atoms with Crippen molar-refractivity contribution in [2.24, 2.45) is 7.05 Å². The van der Waals surface area contributed by atoms with E-state index in [4.69, 9.17) is 11.5 Å². The summed E-state index contributed by atoms with van der Waals surface area (Å²) in [6.07, 6.45) is 4.85. The van der Waals surface area contributed by atoms with Gasteiger partial charge in [-0.15, -0.1) is 0 Å². The molecule has 21 heavy (non-hydrogen) atoms. The third kappa shape index (κ3) is 2.52. The Labute approximate surface area is 127 Å². The number of rotatable bonds is 1. The van der Waals surface area contributed by atoms with E-state index in [1.54, 1.807) is 29.2 Å². The van der Waals surface area contributed by atoms with Gasteiger partial charge in [-0.25, -0.2) is 14.4 Å². The Hall–Kier alpha value is -2.28. The second-order valence-corrected chi connectivity index (χ2v) is 4.32. The summed E-state index contributed by atoms with van der Waals surface area (Å²) in [7, 11) is 1.82. The minimum atomic E-state index is -0.460. The van der Waals surface area contributed by atoms with Crippen LogP contribution in [0.1, 0.15) is 0 Å². The molecular formula is C14H16FN5S. The summed E-state index contributed by atoms with van der Waals surface area (Å²) in [5.41, 5.74) is 13.3. The maximum atomic E-state index is 14.1. The molecule has 5 nitrogen and oxygen atoms in total. The predicted molar refractivity (Wildman–Crippen MR) is 87.6 cm³/mol. The number of anilines is 2. The van der Waals surface area contributed by atoms with Crippen LogP contribution in [-0.2, 0) is 7.05 Å². The average Bonchev–Trinajstić information content (AvgIpc) is 2.83. The molecule has 7 heteroatoms. The summed E-state index contributed by atoms with van der Waals surface area (Å²) in [4.78, 5) is 8.12. The number of fused-ring (bicyclic) bond motifs is 1. The van der Waals surface area contributed by atoms with Gasteiger partial charge in [0.2, 0.25) is 0 Å². The topological polar surface area (TPSA) is 82.8 Å².